The minimum atomic E-state index is -1.70. The van der Waals surface area contributed by atoms with Gasteiger partial charge in [0.25, 0.3) is 5.89 Å². The summed E-state index contributed by atoms with van der Waals surface area (Å²) in [6.45, 7) is 1.63. The lowest BCUT2D eigenvalue weighted by molar-refractivity contribution is -0.147. The first-order valence-corrected chi connectivity index (χ1v) is 9.32. The minimum absolute atomic E-state index is 0.181. The van der Waals surface area contributed by atoms with Gasteiger partial charge in [-0.05, 0) is 36.2 Å². The molecular formula is C21H18ClFN2O5. The number of aliphatic carboxylic acids is 1. The van der Waals surface area contributed by atoms with Gasteiger partial charge >= 0.3 is 11.9 Å². The minimum Gasteiger partial charge on any atom is -0.479 e. The van der Waals surface area contributed by atoms with Crippen LogP contribution in [0.1, 0.15) is 34.5 Å². The van der Waals surface area contributed by atoms with Crippen molar-refractivity contribution in [3.05, 3.63) is 76.7 Å². The van der Waals surface area contributed by atoms with Crippen LogP contribution in [0, 0.1) is 12.7 Å². The van der Waals surface area contributed by atoms with E-state index < -0.39 is 29.8 Å². The smallest absolute Gasteiger partial charge is 0.332 e. The van der Waals surface area contributed by atoms with Crippen LogP contribution >= 0.6 is 11.6 Å². The SMILES string of the molecule is Cc1cnc(C(=O)NC(C[C@@H](O)C(=O)O)c2ccc(-c3cc(Cl)ccc3F)cc2)o1. The number of aliphatic hydroxyl groups excluding tert-OH is 1. The molecule has 1 amide bonds. The number of aliphatic hydroxyl groups is 1. The number of rotatable bonds is 7. The Morgan fingerprint density at radius 3 is 2.53 bits per heavy atom. The van der Waals surface area contributed by atoms with E-state index in [0.29, 0.717) is 27.5 Å². The molecular weight excluding hydrogens is 415 g/mol. The third kappa shape index (κ3) is 5.03. The molecule has 0 saturated heterocycles. The van der Waals surface area contributed by atoms with Gasteiger partial charge in [0.1, 0.15) is 11.6 Å². The van der Waals surface area contributed by atoms with Crippen LogP contribution in [0.5, 0.6) is 0 Å². The van der Waals surface area contributed by atoms with Crippen molar-refractivity contribution in [3.8, 4) is 11.1 Å². The summed E-state index contributed by atoms with van der Waals surface area (Å²) in [5.74, 6) is -2.26. The maximum Gasteiger partial charge on any atom is 0.332 e. The van der Waals surface area contributed by atoms with Gasteiger partial charge in [-0.3, -0.25) is 4.79 Å². The molecule has 3 rings (SSSR count). The number of oxazole rings is 1. The fourth-order valence-electron chi connectivity index (χ4n) is 2.90. The van der Waals surface area contributed by atoms with Gasteiger partial charge in [0.2, 0.25) is 0 Å². The molecule has 156 valence electrons. The van der Waals surface area contributed by atoms with Crippen molar-refractivity contribution >= 4 is 23.5 Å². The molecule has 0 aliphatic carbocycles. The van der Waals surface area contributed by atoms with Crippen molar-refractivity contribution in [1.82, 2.24) is 10.3 Å². The van der Waals surface area contributed by atoms with Crippen LogP contribution in [0.3, 0.4) is 0 Å². The number of nitrogens with one attached hydrogen (secondary N) is 1. The van der Waals surface area contributed by atoms with Crippen LogP contribution in [0.4, 0.5) is 4.39 Å². The van der Waals surface area contributed by atoms with E-state index in [1.54, 1.807) is 31.2 Å². The fraction of sp³-hybridized carbons (Fsp3) is 0.190. The zero-order chi connectivity index (χ0) is 21.8. The molecule has 9 heteroatoms. The van der Waals surface area contributed by atoms with Crippen molar-refractivity contribution in [2.45, 2.75) is 25.5 Å². The van der Waals surface area contributed by atoms with Crippen LogP contribution in [-0.2, 0) is 4.79 Å². The molecule has 1 heterocycles. The second kappa shape index (κ2) is 9.06. The molecule has 2 atom stereocenters. The molecule has 0 aliphatic rings. The lowest BCUT2D eigenvalue weighted by Crippen LogP contribution is -2.33. The van der Waals surface area contributed by atoms with Crippen LogP contribution in [0.25, 0.3) is 11.1 Å². The highest BCUT2D eigenvalue weighted by molar-refractivity contribution is 6.30. The standard InChI is InChI=1S/C21H18ClFN2O5/c1-11-10-24-20(30-11)19(27)25-17(9-18(26)21(28)29)13-4-2-12(3-5-13)15-8-14(22)6-7-16(15)23/h2-8,10,17-18,26H,9H2,1H3,(H,25,27)(H,28,29)/t17?,18-/m1/s1. The summed E-state index contributed by atoms with van der Waals surface area (Å²) >= 11 is 5.94. The summed E-state index contributed by atoms with van der Waals surface area (Å²) in [4.78, 5) is 27.3. The quantitative estimate of drug-likeness (QED) is 0.524. The highest BCUT2D eigenvalue weighted by atomic mass is 35.5. The molecule has 1 unspecified atom stereocenters. The number of carboxylic acid groups (broad SMARTS) is 1. The average molecular weight is 433 g/mol. The van der Waals surface area contributed by atoms with E-state index in [9.17, 15) is 19.1 Å². The van der Waals surface area contributed by atoms with Crippen LogP contribution in [0.2, 0.25) is 5.02 Å². The molecule has 0 bridgehead atoms. The second-order valence-electron chi connectivity index (χ2n) is 6.64. The number of halogens is 2. The summed E-state index contributed by atoms with van der Waals surface area (Å²) in [6.07, 6.45) is -0.609. The summed E-state index contributed by atoms with van der Waals surface area (Å²) in [6, 6.07) is 9.79. The Bertz CT molecular complexity index is 1070. The van der Waals surface area contributed by atoms with E-state index >= 15 is 0 Å². The van der Waals surface area contributed by atoms with Gasteiger partial charge in [0.05, 0.1) is 12.2 Å². The lowest BCUT2D eigenvalue weighted by Gasteiger charge is -2.20. The monoisotopic (exact) mass is 432 g/mol. The topological polar surface area (TPSA) is 113 Å². The van der Waals surface area contributed by atoms with Gasteiger partial charge in [0, 0.05) is 17.0 Å². The average Bonchev–Trinajstić information content (AvgIpc) is 3.16. The maximum absolute atomic E-state index is 14.1. The molecule has 0 saturated carbocycles. The van der Waals surface area contributed by atoms with Crippen molar-refractivity contribution < 1.29 is 28.6 Å². The number of hydrogen-bond acceptors (Lipinski definition) is 5. The molecule has 0 radical (unpaired) electrons. The molecule has 3 aromatic rings. The summed E-state index contributed by atoms with van der Waals surface area (Å²) in [7, 11) is 0. The van der Waals surface area contributed by atoms with Crippen LogP contribution in [0.15, 0.2) is 53.1 Å². The highest BCUT2D eigenvalue weighted by Gasteiger charge is 2.25. The number of carbonyl (C=O) groups excluding carboxylic acids is 1. The molecule has 30 heavy (non-hydrogen) atoms. The van der Waals surface area contributed by atoms with Crippen molar-refractivity contribution in [1.29, 1.82) is 0 Å². The van der Waals surface area contributed by atoms with Gasteiger partial charge in [-0.25, -0.2) is 14.2 Å². The molecule has 0 aliphatic heterocycles. The van der Waals surface area contributed by atoms with Gasteiger partial charge in [-0.1, -0.05) is 35.9 Å². The summed E-state index contributed by atoms with van der Waals surface area (Å²) in [5, 5.41) is 21.8. The third-order valence-corrected chi connectivity index (χ3v) is 4.65. The second-order valence-corrected chi connectivity index (χ2v) is 7.07. The number of hydrogen-bond donors (Lipinski definition) is 3. The molecule has 1 aromatic heterocycles. The van der Waals surface area contributed by atoms with Crippen LogP contribution in [-0.4, -0.2) is 33.2 Å². The number of aromatic nitrogens is 1. The Labute approximate surface area is 176 Å². The van der Waals surface area contributed by atoms with Crippen molar-refractivity contribution in [3.63, 3.8) is 0 Å². The van der Waals surface area contributed by atoms with Crippen molar-refractivity contribution in [2.75, 3.05) is 0 Å². The largest absolute Gasteiger partial charge is 0.479 e. The zero-order valence-electron chi connectivity index (χ0n) is 15.8. The predicted molar refractivity (Wildman–Crippen MR) is 107 cm³/mol. The number of carboxylic acids is 1. The Kier molecular flexibility index (Phi) is 6.49. The summed E-state index contributed by atoms with van der Waals surface area (Å²) in [5.41, 5.74) is 1.36. The van der Waals surface area contributed by atoms with Crippen LogP contribution < -0.4 is 5.32 Å². The highest BCUT2D eigenvalue weighted by Crippen LogP contribution is 2.28. The van der Waals surface area contributed by atoms with E-state index in [2.05, 4.69) is 10.3 Å². The van der Waals surface area contributed by atoms with Crippen molar-refractivity contribution in [2.24, 2.45) is 0 Å². The molecule has 3 N–H and O–H groups in total. The number of benzene rings is 2. The first-order chi connectivity index (χ1) is 14.2. The van der Waals surface area contributed by atoms with E-state index in [4.69, 9.17) is 21.1 Å². The Balaban J connectivity index is 1.87. The van der Waals surface area contributed by atoms with Gasteiger partial charge in [-0.15, -0.1) is 0 Å². The van der Waals surface area contributed by atoms with Gasteiger partial charge < -0.3 is 19.9 Å². The molecule has 0 spiro atoms. The molecule has 7 nitrogen and oxygen atoms in total. The lowest BCUT2D eigenvalue weighted by atomic mass is 9.97. The van der Waals surface area contributed by atoms with Gasteiger partial charge in [-0.2, -0.15) is 0 Å². The predicted octanol–water partition coefficient (Wildman–Crippen LogP) is 3.75. The van der Waals surface area contributed by atoms with E-state index in [-0.39, 0.29) is 12.3 Å². The third-order valence-electron chi connectivity index (χ3n) is 4.42. The number of amides is 1. The zero-order valence-corrected chi connectivity index (χ0v) is 16.6. The normalized spacial score (nSPS) is 12.9. The maximum atomic E-state index is 14.1. The fourth-order valence-corrected chi connectivity index (χ4v) is 3.07. The number of aryl methyl sites for hydroxylation is 1. The Morgan fingerprint density at radius 1 is 1.23 bits per heavy atom. The number of nitrogens with zero attached hydrogens (tertiary/aromatic N) is 1. The Morgan fingerprint density at radius 2 is 1.93 bits per heavy atom. The summed E-state index contributed by atoms with van der Waals surface area (Å²) < 4.78 is 19.3. The van der Waals surface area contributed by atoms with E-state index in [0.717, 1.165) is 0 Å². The first-order valence-electron chi connectivity index (χ1n) is 8.94. The first kappa shape index (κ1) is 21.5. The number of carbonyl (C=O) groups is 2. The van der Waals surface area contributed by atoms with Gasteiger partial charge in [0.15, 0.2) is 6.10 Å². The Hall–Kier alpha value is -3.23. The molecule has 0 fully saturated rings. The molecule has 2 aromatic carbocycles. The van der Waals surface area contributed by atoms with E-state index in [1.165, 1.54) is 24.4 Å². The van der Waals surface area contributed by atoms with E-state index in [1.807, 2.05) is 0 Å².